The third kappa shape index (κ3) is 1.93. The number of carboxylic acid groups (broad SMARTS) is 1. The van der Waals surface area contributed by atoms with Gasteiger partial charge in [0.05, 0.1) is 11.3 Å². The minimum Gasteiger partial charge on any atom is -0.478 e. The summed E-state index contributed by atoms with van der Waals surface area (Å²) >= 11 is 0. The fourth-order valence-corrected chi connectivity index (χ4v) is 1.95. The van der Waals surface area contributed by atoms with E-state index in [0.29, 0.717) is 22.4 Å². The molecule has 5 heteroatoms. The molecule has 1 aromatic rings. The Morgan fingerprint density at radius 3 is 2.05 bits per heavy atom. The van der Waals surface area contributed by atoms with E-state index in [9.17, 15) is 14.4 Å². The molecule has 0 fully saturated rings. The standard InChI is InChI=1S/C14H13NO4/c1-7-4-5-10(14(18)19)6-11(7)15-12(16)8(2)9(3)13(15)17/h4-6H,1-3H3,(H,18,19). The SMILES string of the molecule is CC1=C(C)C(=O)N(c2cc(C(=O)O)ccc2C)C1=O. The Hall–Kier alpha value is -2.43. The van der Waals surface area contributed by atoms with Gasteiger partial charge in [-0.3, -0.25) is 9.59 Å². The molecule has 0 aromatic heterocycles. The van der Waals surface area contributed by atoms with E-state index >= 15 is 0 Å². The van der Waals surface area contributed by atoms with Gasteiger partial charge in [-0.15, -0.1) is 0 Å². The lowest BCUT2D eigenvalue weighted by Gasteiger charge is -2.18. The molecule has 1 heterocycles. The zero-order chi connectivity index (χ0) is 14.3. The lowest BCUT2D eigenvalue weighted by molar-refractivity contribution is -0.120. The summed E-state index contributed by atoms with van der Waals surface area (Å²) in [4.78, 5) is 36.1. The Balaban J connectivity index is 2.55. The van der Waals surface area contributed by atoms with Crippen LogP contribution in [0.15, 0.2) is 29.3 Å². The third-order valence-corrected chi connectivity index (χ3v) is 3.31. The van der Waals surface area contributed by atoms with Crippen LogP contribution in [0.3, 0.4) is 0 Å². The van der Waals surface area contributed by atoms with Crippen molar-refractivity contribution in [1.29, 1.82) is 0 Å². The van der Waals surface area contributed by atoms with Crippen molar-refractivity contribution >= 4 is 23.5 Å². The van der Waals surface area contributed by atoms with Gasteiger partial charge < -0.3 is 5.11 Å². The normalized spacial score (nSPS) is 15.4. The van der Waals surface area contributed by atoms with Crippen LogP contribution < -0.4 is 4.90 Å². The highest BCUT2D eigenvalue weighted by Gasteiger charge is 2.35. The van der Waals surface area contributed by atoms with Crippen LogP contribution in [0.2, 0.25) is 0 Å². The lowest BCUT2D eigenvalue weighted by atomic mass is 10.1. The average molecular weight is 259 g/mol. The van der Waals surface area contributed by atoms with Gasteiger partial charge in [0.25, 0.3) is 11.8 Å². The Labute approximate surface area is 110 Å². The summed E-state index contributed by atoms with van der Waals surface area (Å²) in [5, 5.41) is 8.98. The maximum absolute atomic E-state index is 12.1. The van der Waals surface area contributed by atoms with Crippen LogP contribution in [0.5, 0.6) is 0 Å². The van der Waals surface area contributed by atoms with E-state index < -0.39 is 17.8 Å². The quantitative estimate of drug-likeness (QED) is 0.823. The summed E-state index contributed by atoms with van der Waals surface area (Å²) in [6, 6.07) is 4.38. The summed E-state index contributed by atoms with van der Waals surface area (Å²) in [6.45, 7) is 4.91. The van der Waals surface area contributed by atoms with Gasteiger partial charge in [-0.1, -0.05) is 6.07 Å². The topological polar surface area (TPSA) is 74.7 Å². The molecule has 2 rings (SSSR count). The molecule has 0 aliphatic carbocycles. The van der Waals surface area contributed by atoms with E-state index in [1.165, 1.54) is 12.1 Å². The molecule has 0 saturated heterocycles. The van der Waals surface area contributed by atoms with Crippen LogP contribution in [0.25, 0.3) is 0 Å². The van der Waals surface area contributed by atoms with E-state index in [1.807, 2.05) is 0 Å². The van der Waals surface area contributed by atoms with Gasteiger partial charge in [-0.25, -0.2) is 9.69 Å². The summed E-state index contributed by atoms with van der Waals surface area (Å²) in [5.74, 6) is -1.89. The van der Waals surface area contributed by atoms with Crippen molar-refractivity contribution < 1.29 is 19.5 Å². The smallest absolute Gasteiger partial charge is 0.335 e. The van der Waals surface area contributed by atoms with Gasteiger partial charge in [-0.2, -0.15) is 0 Å². The van der Waals surface area contributed by atoms with Gasteiger partial charge >= 0.3 is 5.97 Å². The van der Waals surface area contributed by atoms with Gasteiger partial charge in [0.2, 0.25) is 0 Å². The molecular weight excluding hydrogens is 246 g/mol. The maximum atomic E-state index is 12.1. The number of nitrogens with zero attached hydrogens (tertiary/aromatic N) is 1. The summed E-state index contributed by atoms with van der Waals surface area (Å²) in [5.41, 5.74) is 1.83. The van der Waals surface area contributed by atoms with Crippen LogP contribution in [-0.4, -0.2) is 22.9 Å². The van der Waals surface area contributed by atoms with E-state index in [0.717, 1.165) is 4.90 Å². The second kappa shape index (κ2) is 4.35. The molecular formula is C14H13NO4. The van der Waals surface area contributed by atoms with Crippen LogP contribution >= 0.6 is 0 Å². The van der Waals surface area contributed by atoms with Crippen LogP contribution in [0.1, 0.15) is 29.8 Å². The van der Waals surface area contributed by atoms with Crippen molar-refractivity contribution in [2.75, 3.05) is 4.90 Å². The summed E-state index contributed by atoms with van der Waals surface area (Å²) < 4.78 is 0. The Morgan fingerprint density at radius 1 is 1.05 bits per heavy atom. The van der Waals surface area contributed by atoms with E-state index in [4.69, 9.17) is 5.11 Å². The number of aromatic carboxylic acids is 1. The molecule has 2 amide bonds. The molecule has 0 spiro atoms. The maximum Gasteiger partial charge on any atom is 0.335 e. The fraction of sp³-hybridized carbons (Fsp3) is 0.214. The number of imide groups is 1. The summed E-state index contributed by atoms with van der Waals surface area (Å²) in [6.07, 6.45) is 0. The van der Waals surface area contributed by atoms with E-state index in [-0.39, 0.29) is 5.56 Å². The molecule has 5 nitrogen and oxygen atoms in total. The zero-order valence-electron chi connectivity index (χ0n) is 10.9. The predicted molar refractivity (Wildman–Crippen MR) is 69.0 cm³/mol. The number of hydrogen-bond acceptors (Lipinski definition) is 3. The molecule has 0 saturated carbocycles. The van der Waals surface area contributed by atoms with Crippen LogP contribution in [0, 0.1) is 6.92 Å². The van der Waals surface area contributed by atoms with Gasteiger partial charge in [0.1, 0.15) is 0 Å². The molecule has 0 radical (unpaired) electrons. The zero-order valence-corrected chi connectivity index (χ0v) is 10.9. The molecule has 1 aromatic carbocycles. The first-order valence-corrected chi connectivity index (χ1v) is 5.74. The minimum atomic E-state index is -1.10. The van der Waals surface area contributed by atoms with Crippen LogP contribution in [0.4, 0.5) is 5.69 Å². The Kier molecular flexibility index (Phi) is 2.98. The number of aryl methyl sites for hydroxylation is 1. The Morgan fingerprint density at radius 2 is 1.58 bits per heavy atom. The van der Waals surface area contributed by atoms with Gasteiger partial charge in [0.15, 0.2) is 0 Å². The number of rotatable bonds is 2. The number of anilines is 1. The number of benzene rings is 1. The molecule has 19 heavy (non-hydrogen) atoms. The molecule has 1 aliphatic rings. The number of carboxylic acids is 1. The molecule has 98 valence electrons. The van der Waals surface area contributed by atoms with Crippen LogP contribution in [-0.2, 0) is 9.59 Å². The van der Waals surface area contributed by atoms with Crippen molar-refractivity contribution in [3.63, 3.8) is 0 Å². The number of carbonyl (C=O) groups excluding carboxylic acids is 2. The first-order valence-electron chi connectivity index (χ1n) is 5.74. The molecule has 0 unspecified atom stereocenters. The molecule has 0 bridgehead atoms. The van der Waals surface area contributed by atoms with Crippen molar-refractivity contribution in [2.24, 2.45) is 0 Å². The highest BCUT2D eigenvalue weighted by atomic mass is 16.4. The minimum absolute atomic E-state index is 0.0448. The molecule has 1 N–H and O–H groups in total. The highest BCUT2D eigenvalue weighted by Crippen LogP contribution is 2.29. The largest absolute Gasteiger partial charge is 0.478 e. The second-order valence-corrected chi connectivity index (χ2v) is 4.50. The van der Waals surface area contributed by atoms with Gasteiger partial charge in [-0.05, 0) is 38.5 Å². The molecule has 1 aliphatic heterocycles. The van der Waals surface area contributed by atoms with Gasteiger partial charge in [0, 0.05) is 11.1 Å². The second-order valence-electron chi connectivity index (χ2n) is 4.50. The number of hydrogen-bond donors (Lipinski definition) is 1. The Bertz CT molecular complexity index is 619. The van der Waals surface area contributed by atoms with E-state index in [1.54, 1.807) is 26.8 Å². The monoisotopic (exact) mass is 259 g/mol. The van der Waals surface area contributed by atoms with Crippen molar-refractivity contribution in [2.45, 2.75) is 20.8 Å². The van der Waals surface area contributed by atoms with E-state index in [2.05, 4.69) is 0 Å². The highest BCUT2D eigenvalue weighted by molar-refractivity contribution is 6.32. The first-order chi connectivity index (χ1) is 8.84. The third-order valence-electron chi connectivity index (χ3n) is 3.31. The first kappa shape index (κ1) is 13.0. The van der Waals surface area contributed by atoms with Crippen molar-refractivity contribution in [1.82, 2.24) is 0 Å². The predicted octanol–water partition coefficient (Wildman–Crippen LogP) is 1.90. The lowest BCUT2D eigenvalue weighted by Crippen LogP contribution is -2.32. The number of carbonyl (C=O) groups is 3. The fourth-order valence-electron chi connectivity index (χ4n) is 1.95. The van der Waals surface area contributed by atoms with Crippen molar-refractivity contribution in [3.8, 4) is 0 Å². The molecule has 0 atom stereocenters. The summed E-state index contributed by atoms with van der Waals surface area (Å²) in [7, 11) is 0. The number of amides is 2. The average Bonchev–Trinajstić information content (AvgIpc) is 2.55. The van der Waals surface area contributed by atoms with Crippen molar-refractivity contribution in [3.05, 3.63) is 40.5 Å².